The molecule has 0 aliphatic heterocycles. The maximum Gasteiger partial charge on any atom is 0.243 e. The molecule has 0 spiro atoms. The predicted molar refractivity (Wildman–Crippen MR) is 74.1 cm³/mol. The highest BCUT2D eigenvalue weighted by Crippen LogP contribution is 2.05. The molecule has 2 aromatic rings. The van der Waals surface area contributed by atoms with Gasteiger partial charge in [-0.15, -0.1) is 0 Å². The normalized spacial score (nSPS) is 10.0. The number of furan rings is 1. The summed E-state index contributed by atoms with van der Waals surface area (Å²) in [6, 6.07) is 2.62. The lowest BCUT2D eigenvalue weighted by atomic mass is 10.2. The zero-order valence-electron chi connectivity index (χ0n) is 12.5. The van der Waals surface area contributed by atoms with Gasteiger partial charge in [-0.1, -0.05) is 13.3 Å². The molecule has 0 unspecified atom stereocenters. The highest BCUT2D eigenvalue weighted by Gasteiger charge is 1.99. The number of aliphatic hydroxyl groups is 1. The standard InChI is InChI=1S/C9H17N2.C6H6O4/c1-3-4-5-6-11-8-7-10(2)9-11;7-3-4-1-2-5(10-4)6(8)9/h7-9H,3-6H2,1-2H3;1-2,7H,3H2,(H,8,9)/q+1;/p-1. The van der Waals surface area contributed by atoms with Gasteiger partial charge in [-0.2, -0.15) is 0 Å². The number of aromatic carboxylic acids is 1. The van der Waals surface area contributed by atoms with E-state index in [0.29, 0.717) is 0 Å². The van der Waals surface area contributed by atoms with E-state index in [9.17, 15) is 9.90 Å². The Bertz CT molecular complexity index is 545. The lowest BCUT2D eigenvalue weighted by Gasteiger charge is -1.93. The van der Waals surface area contributed by atoms with Crippen LogP contribution >= 0.6 is 0 Å². The molecule has 116 valence electrons. The number of carbonyl (C=O) groups excluding carboxylic acids is 1. The predicted octanol–water partition coefficient (Wildman–Crippen LogP) is 0.638. The van der Waals surface area contributed by atoms with Crippen molar-refractivity contribution in [3.8, 4) is 0 Å². The number of carboxylic acids is 1. The Balaban J connectivity index is 0.000000211. The molecule has 1 N–H and O–H groups in total. The largest absolute Gasteiger partial charge is 0.542 e. The summed E-state index contributed by atoms with van der Waals surface area (Å²) in [5, 5.41) is 18.5. The van der Waals surface area contributed by atoms with Gasteiger partial charge in [-0.05, 0) is 25.0 Å². The molecule has 0 fully saturated rings. The molecular weight excluding hydrogens is 272 g/mol. The number of carbonyl (C=O) groups is 1. The minimum atomic E-state index is -1.38. The van der Waals surface area contributed by atoms with Crippen LogP contribution in [0.3, 0.4) is 0 Å². The minimum Gasteiger partial charge on any atom is -0.542 e. The van der Waals surface area contributed by atoms with Crippen molar-refractivity contribution in [1.29, 1.82) is 0 Å². The van der Waals surface area contributed by atoms with Crippen LogP contribution in [-0.2, 0) is 20.2 Å². The minimum absolute atomic E-state index is 0.221. The van der Waals surface area contributed by atoms with Crippen LogP contribution in [0.25, 0.3) is 0 Å². The van der Waals surface area contributed by atoms with Crippen LogP contribution in [0, 0.1) is 0 Å². The number of rotatable bonds is 6. The van der Waals surface area contributed by atoms with E-state index >= 15 is 0 Å². The average molecular weight is 294 g/mol. The van der Waals surface area contributed by atoms with Gasteiger partial charge in [0.1, 0.15) is 36.5 Å². The molecule has 0 aliphatic rings. The fourth-order valence-corrected chi connectivity index (χ4v) is 1.75. The van der Waals surface area contributed by atoms with Crippen LogP contribution in [0.4, 0.5) is 0 Å². The molecule has 0 aromatic carbocycles. The fourth-order valence-electron chi connectivity index (χ4n) is 1.75. The van der Waals surface area contributed by atoms with Crippen LogP contribution in [0.5, 0.6) is 0 Å². The van der Waals surface area contributed by atoms with Crippen molar-refractivity contribution >= 4 is 5.97 Å². The third kappa shape index (κ3) is 6.27. The Morgan fingerprint density at radius 2 is 2.19 bits per heavy atom. The van der Waals surface area contributed by atoms with Crippen molar-refractivity contribution in [2.24, 2.45) is 7.05 Å². The summed E-state index contributed by atoms with van der Waals surface area (Å²) in [4.78, 5) is 10.0. The van der Waals surface area contributed by atoms with Crippen molar-refractivity contribution in [3.63, 3.8) is 0 Å². The van der Waals surface area contributed by atoms with Gasteiger partial charge >= 0.3 is 0 Å². The van der Waals surface area contributed by atoms with Crippen molar-refractivity contribution in [3.05, 3.63) is 42.4 Å². The lowest BCUT2D eigenvalue weighted by Crippen LogP contribution is -2.23. The first-order valence-corrected chi connectivity index (χ1v) is 6.98. The van der Waals surface area contributed by atoms with Gasteiger partial charge in [-0.25, -0.2) is 9.13 Å². The molecule has 2 rings (SSSR count). The first kappa shape index (κ1) is 17.0. The quantitative estimate of drug-likeness (QED) is 0.626. The molecule has 2 aromatic heterocycles. The van der Waals surface area contributed by atoms with Crippen LogP contribution in [-0.4, -0.2) is 15.6 Å². The van der Waals surface area contributed by atoms with Crippen molar-refractivity contribution in [1.82, 2.24) is 4.57 Å². The third-order valence-electron chi connectivity index (χ3n) is 2.86. The maximum atomic E-state index is 10.0. The number of hydrogen-bond donors (Lipinski definition) is 1. The van der Waals surface area contributed by atoms with Gasteiger partial charge in [0.15, 0.2) is 0 Å². The van der Waals surface area contributed by atoms with E-state index in [1.54, 1.807) is 0 Å². The number of carboxylic acid groups (broad SMARTS) is 1. The van der Waals surface area contributed by atoms with Gasteiger partial charge < -0.3 is 19.4 Å². The van der Waals surface area contributed by atoms with Crippen LogP contribution in [0.15, 0.2) is 35.3 Å². The highest BCUT2D eigenvalue weighted by atomic mass is 16.4. The second-order valence-electron chi connectivity index (χ2n) is 4.74. The molecule has 2 heterocycles. The van der Waals surface area contributed by atoms with E-state index in [2.05, 4.69) is 46.2 Å². The summed E-state index contributed by atoms with van der Waals surface area (Å²) < 4.78 is 8.89. The molecular formula is C15H22N2O4. The first-order valence-electron chi connectivity index (χ1n) is 6.98. The molecule has 0 aliphatic carbocycles. The van der Waals surface area contributed by atoms with Gasteiger partial charge in [0.05, 0.1) is 13.6 Å². The second kappa shape index (κ2) is 8.97. The van der Waals surface area contributed by atoms with Gasteiger partial charge in [0.2, 0.25) is 6.33 Å². The topological polar surface area (TPSA) is 82.3 Å². The third-order valence-corrected chi connectivity index (χ3v) is 2.86. The number of aromatic nitrogens is 2. The Kier molecular flexibility index (Phi) is 7.25. The van der Waals surface area contributed by atoms with E-state index in [4.69, 9.17) is 5.11 Å². The molecule has 0 bridgehead atoms. The molecule has 6 heteroatoms. The van der Waals surface area contributed by atoms with E-state index in [1.165, 1.54) is 31.4 Å². The molecule has 0 radical (unpaired) electrons. The van der Waals surface area contributed by atoms with E-state index in [1.807, 2.05) is 0 Å². The molecule has 0 saturated heterocycles. The van der Waals surface area contributed by atoms with Crippen LogP contribution < -0.4 is 9.67 Å². The van der Waals surface area contributed by atoms with Gasteiger partial charge in [-0.3, -0.25) is 0 Å². The van der Waals surface area contributed by atoms with Gasteiger partial charge in [0.25, 0.3) is 0 Å². The summed E-state index contributed by atoms with van der Waals surface area (Å²) in [7, 11) is 2.05. The van der Waals surface area contributed by atoms with Crippen molar-refractivity contribution in [2.75, 3.05) is 0 Å². The van der Waals surface area contributed by atoms with Gasteiger partial charge in [0, 0.05) is 0 Å². The summed E-state index contributed by atoms with van der Waals surface area (Å²) >= 11 is 0. The monoisotopic (exact) mass is 294 g/mol. The van der Waals surface area contributed by atoms with E-state index < -0.39 is 5.97 Å². The summed E-state index contributed by atoms with van der Waals surface area (Å²) in [6.45, 7) is 3.09. The zero-order valence-corrected chi connectivity index (χ0v) is 12.5. The van der Waals surface area contributed by atoms with E-state index in [0.717, 1.165) is 6.54 Å². The molecule has 6 nitrogen and oxygen atoms in total. The van der Waals surface area contributed by atoms with Crippen molar-refractivity contribution < 1.29 is 24.0 Å². The Hall–Kier alpha value is -2.08. The fraction of sp³-hybridized carbons (Fsp3) is 0.467. The molecule has 0 amide bonds. The second-order valence-corrected chi connectivity index (χ2v) is 4.74. The smallest absolute Gasteiger partial charge is 0.243 e. The average Bonchev–Trinajstić information content (AvgIpc) is 3.09. The number of nitrogens with zero attached hydrogens (tertiary/aromatic N) is 2. The number of aliphatic hydroxyl groups excluding tert-OH is 1. The van der Waals surface area contributed by atoms with Crippen LogP contribution in [0.2, 0.25) is 0 Å². The Morgan fingerprint density at radius 3 is 2.62 bits per heavy atom. The van der Waals surface area contributed by atoms with E-state index in [-0.39, 0.29) is 18.1 Å². The number of unbranched alkanes of at least 4 members (excludes halogenated alkanes) is 2. The Labute approximate surface area is 124 Å². The summed E-state index contributed by atoms with van der Waals surface area (Å²) in [5.74, 6) is -1.41. The summed E-state index contributed by atoms with van der Waals surface area (Å²) in [5.41, 5.74) is 0. The molecule has 0 saturated carbocycles. The molecule has 0 atom stereocenters. The highest BCUT2D eigenvalue weighted by molar-refractivity contribution is 5.82. The Morgan fingerprint density at radius 1 is 1.43 bits per heavy atom. The first-order chi connectivity index (χ1) is 10.1. The number of aryl methyl sites for hydroxylation is 2. The van der Waals surface area contributed by atoms with Crippen molar-refractivity contribution in [2.45, 2.75) is 39.3 Å². The SMILES string of the molecule is CCCCCn1cc[n+](C)c1.O=C([O-])c1ccc(CO)o1. The summed E-state index contributed by atoms with van der Waals surface area (Å²) in [6.07, 6.45) is 10.2. The zero-order chi connectivity index (χ0) is 15.7. The number of hydrogen-bond acceptors (Lipinski definition) is 4. The number of imidazole rings is 1. The lowest BCUT2D eigenvalue weighted by molar-refractivity contribution is -0.671. The van der Waals surface area contributed by atoms with Crippen LogP contribution in [0.1, 0.15) is 42.5 Å². The maximum absolute atomic E-state index is 10.0. The molecule has 21 heavy (non-hydrogen) atoms.